The van der Waals surface area contributed by atoms with E-state index in [1.807, 2.05) is 54.6 Å². The van der Waals surface area contributed by atoms with Gasteiger partial charge in [0, 0.05) is 19.5 Å². The van der Waals surface area contributed by atoms with Crippen molar-refractivity contribution in [2.24, 2.45) is 0 Å². The summed E-state index contributed by atoms with van der Waals surface area (Å²) in [7, 11) is 1.44. The summed E-state index contributed by atoms with van der Waals surface area (Å²) in [4.78, 5) is 13.6. The molecule has 2 aromatic carbocycles. The van der Waals surface area contributed by atoms with Crippen LogP contribution in [0, 0.1) is 0 Å². The van der Waals surface area contributed by atoms with E-state index in [2.05, 4.69) is 9.64 Å². The van der Waals surface area contributed by atoms with Crippen LogP contribution in [0.2, 0.25) is 0 Å². The van der Waals surface area contributed by atoms with Crippen molar-refractivity contribution in [3.8, 4) is 17.2 Å². The summed E-state index contributed by atoms with van der Waals surface area (Å²) < 4.78 is 16.6. The highest BCUT2D eigenvalue weighted by Crippen LogP contribution is 2.25. The number of rotatable bonds is 8. The van der Waals surface area contributed by atoms with Crippen LogP contribution < -0.4 is 9.47 Å². The predicted molar refractivity (Wildman–Crippen MR) is 104 cm³/mol. The first-order valence-corrected chi connectivity index (χ1v) is 9.52. The monoisotopic (exact) mass is 369 g/mol. The van der Waals surface area contributed by atoms with Crippen molar-refractivity contribution in [1.82, 2.24) is 4.90 Å². The molecule has 1 aliphatic heterocycles. The lowest BCUT2D eigenvalue weighted by Gasteiger charge is -2.32. The van der Waals surface area contributed by atoms with Crippen molar-refractivity contribution in [3.05, 3.63) is 54.6 Å². The number of ether oxygens (including phenoxy) is 3. The van der Waals surface area contributed by atoms with Gasteiger partial charge < -0.3 is 19.1 Å². The minimum atomic E-state index is -0.132. The summed E-state index contributed by atoms with van der Waals surface area (Å²) in [5.41, 5.74) is 0. The van der Waals surface area contributed by atoms with Gasteiger partial charge in [0.1, 0.15) is 23.4 Å². The Labute approximate surface area is 160 Å². The average molecular weight is 369 g/mol. The van der Waals surface area contributed by atoms with Crippen LogP contribution in [0.15, 0.2) is 54.6 Å². The predicted octanol–water partition coefficient (Wildman–Crippen LogP) is 4.28. The molecule has 2 aromatic rings. The molecule has 5 heteroatoms. The van der Waals surface area contributed by atoms with Crippen LogP contribution in [-0.2, 0) is 9.53 Å². The summed E-state index contributed by atoms with van der Waals surface area (Å²) in [5, 5.41) is 0. The Hall–Kier alpha value is -2.53. The highest BCUT2D eigenvalue weighted by Gasteiger charge is 2.20. The van der Waals surface area contributed by atoms with Gasteiger partial charge in [-0.1, -0.05) is 18.2 Å². The van der Waals surface area contributed by atoms with E-state index >= 15 is 0 Å². The number of carbonyl (C=O) groups excluding carboxylic acids is 1. The molecule has 3 rings (SSSR count). The lowest BCUT2D eigenvalue weighted by atomic mass is 10.1. The van der Waals surface area contributed by atoms with Gasteiger partial charge in [-0.2, -0.15) is 0 Å². The lowest BCUT2D eigenvalue weighted by molar-refractivity contribution is -0.140. The number of piperidine rings is 1. The van der Waals surface area contributed by atoms with E-state index in [1.54, 1.807) is 0 Å². The zero-order chi connectivity index (χ0) is 18.9. The molecule has 0 saturated carbocycles. The Morgan fingerprint density at radius 3 is 2.26 bits per heavy atom. The van der Waals surface area contributed by atoms with Crippen LogP contribution in [0.3, 0.4) is 0 Å². The lowest BCUT2D eigenvalue weighted by Crippen LogP contribution is -2.38. The van der Waals surface area contributed by atoms with Gasteiger partial charge in [-0.25, -0.2) is 0 Å². The van der Waals surface area contributed by atoms with Crippen molar-refractivity contribution in [3.63, 3.8) is 0 Å². The van der Waals surface area contributed by atoms with Crippen LogP contribution in [0.1, 0.15) is 25.7 Å². The van der Waals surface area contributed by atoms with Gasteiger partial charge in [0.2, 0.25) is 0 Å². The Balaban J connectivity index is 1.39. The number of methoxy groups -OCH3 is 1. The third kappa shape index (κ3) is 6.29. The van der Waals surface area contributed by atoms with Crippen molar-refractivity contribution in [1.29, 1.82) is 0 Å². The third-order valence-electron chi connectivity index (χ3n) is 4.72. The van der Waals surface area contributed by atoms with E-state index in [1.165, 1.54) is 7.11 Å². The molecule has 144 valence electrons. The Kier molecular flexibility index (Phi) is 7.11. The maximum absolute atomic E-state index is 11.2. The van der Waals surface area contributed by atoms with E-state index in [0.717, 1.165) is 56.1 Å². The van der Waals surface area contributed by atoms with Gasteiger partial charge in [-0.05, 0) is 62.2 Å². The molecule has 27 heavy (non-hydrogen) atoms. The van der Waals surface area contributed by atoms with Gasteiger partial charge in [0.25, 0.3) is 0 Å². The van der Waals surface area contributed by atoms with E-state index in [-0.39, 0.29) is 12.1 Å². The second-order valence-electron chi connectivity index (χ2n) is 6.73. The standard InChI is InChI=1S/C22H27NO4/c1-25-22(24)8-5-15-23-16-13-21(14-17-23)27-20-11-9-19(10-12-20)26-18-6-3-2-4-7-18/h2-4,6-7,9-12,21H,5,8,13-17H2,1H3. The summed E-state index contributed by atoms with van der Waals surface area (Å²) in [6.07, 6.45) is 3.58. The molecule has 1 fully saturated rings. The molecule has 1 aliphatic rings. The fraction of sp³-hybridized carbons (Fsp3) is 0.409. The molecule has 1 saturated heterocycles. The Morgan fingerprint density at radius 2 is 1.59 bits per heavy atom. The topological polar surface area (TPSA) is 48.0 Å². The summed E-state index contributed by atoms with van der Waals surface area (Å²) in [6.45, 7) is 2.94. The second kappa shape index (κ2) is 9.97. The molecule has 5 nitrogen and oxygen atoms in total. The molecule has 0 aliphatic carbocycles. The number of benzene rings is 2. The summed E-state index contributed by atoms with van der Waals surface area (Å²) >= 11 is 0. The molecule has 0 radical (unpaired) electrons. The van der Waals surface area contributed by atoms with E-state index in [4.69, 9.17) is 9.47 Å². The highest BCUT2D eigenvalue weighted by molar-refractivity contribution is 5.69. The van der Waals surface area contributed by atoms with Gasteiger partial charge >= 0.3 is 5.97 Å². The number of likely N-dealkylation sites (tertiary alicyclic amines) is 1. The maximum Gasteiger partial charge on any atom is 0.305 e. The van der Waals surface area contributed by atoms with Crippen LogP contribution >= 0.6 is 0 Å². The van der Waals surface area contributed by atoms with E-state index in [9.17, 15) is 4.79 Å². The molecule has 1 heterocycles. The van der Waals surface area contributed by atoms with Crippen molar-refractivity contribution >= 4 is 5.97 Å². The third-order valence-corrected chi connectivity index (χ3v) is 4.72. The number of carbonyl (C=O) groups is 1. The molecule has 0 atom stereocenters. The first-order valence-electron chi connectivity index (χ1n) is 9.52. The minimum Gasteiger partial charge on any atom is -0.490 e. The largest absolute Gasteiger partial charge is 0.490 e. The Morgan fingerprint density at radius 1 is 0.963 bits per heavy atom. The number of nitrogens with zero attached hydrogens (tertiary/aromatic N) is 1. The molecule has 0 aromatic heterocycles. The summed E-state index contributed by atoms with van der Waals surface area (Å²) in [5.74, 6) is 2.37. The quantitative estimate of drug-likeness (QED) is 0.650. The smallest absolute Gasteiger partial charge is 0.305 e. The average Bonchev–Trinajstić information content (AvgIpc) is 2.71. The molecule has 0 unspecified atom stereocenters. The molecular formula is C22H27NO4. The molecule has 0 bridgehead atoms. The van der Waals surface area contributed by atoms with Crippen molar-refractivity contribution in [2.75, 3.05) is 26.7 Å². The highest BCUT2D eigenvalue weighted by atomic mass is 16.5. The Bertz CT molecular complexity index is 694. The zero-order valence-corrected chi connectivity index (χ0v) is 15.8. The number of hydrogen-bond acceptors (Lipinski definition) is 5. The zero-order valence-electron chi connectivity index (χ0n) is 15.8. The fourth-order valence-electron chi connectivity index (χ4n) is 3.20. The number of esters is 1. The molecular weight excluding hydrogens is 342 g/mol. The summed E-state index contributed by atoms with van der Waals surface area (Å²) in [6, 6.07) is 17.5. The van der Waals surface area contributed by atoms with E-state index in [0.29, 0.717) is 6.42 Å². The number of hydrogen-bond donors (Lipinski definition) is 0. The molecule has 0 amide bonds. The first kappa shape index (κ1) is 19.2. The van der Waals surface area contributed by atoms with Gasteiger partial charge in [-0.15, -0.1) is 0 Å². The normalized spacial score (nSPS) is 15.3. The van der Waals surface area contributed by atoms with Crippen LogP contribution in [-0.4, -0.2) is 43.7 Å². The van der Waals surface area contributed by atoms with Gasteiger partial charge in [0.15, 0.2) is 0 Å². The van der Waals surface area contributed by atoms with Crippen LogP contribution in [0.5, 0.6) is 17.2 Å². The first-order chi connectivity index (χ1) is 13.2. The van der Waals surface area contributed by atoms with Crippen LogP contribution in [0.25, 0.3) is 0 Å². The molecule has 0 N–H and O–H groups in total. The fourth-order valence-corrected chi connectivity index (χ4v) is 3.20. The second-order valence-corrected chi connectivity index (χ2v) is 6.73. The maximum atomic E-state index is 11.2. The van der Waals surface area contributed by atoms with E-state index < -0.39 is 0 Å². The van der Waals surface area contributed by atoms with Gasteiger partial charge in [0.05, 0.1) is 7.11 Å². The van der Waals surface area contributed by atoms with Crippen LogP contribution in [0.4, 0.5) is 0 Å². The van der Waals surface area contributed by atoms with Crippen molar-refractivity contribution < 1.29 is 19.0 Å². The SMILES string of the molecule is COC(=O)CCCN1CCC(Oc2ccc(Oc3ccccc3)cc2)CC1. The van der Waals surface area contributed by atoms with Gasteiger partial charge in [-0.3, -0.25) is 4.79 Å². The van der Waals surface area contributed by atoms with Crippen molar-refractivity contribution in [2.45, 2.75) is 31.8 Å². The molecule has 0 spiro atoms. The minimum absolute atomic E-state index is 0.132. The number of para-hydroxylation sites is 1.